The van der Waals surface area contributed by atoms with Crippen LogP contribution in [-0.2, 0) is 10.2 Å². The predicted octanol–water partition coefficient (Wildman–Crippen LogP) is 0.739. The van der Waals surface area contributed by atoms with E-state index in [1.165, 1.54) is 0 Å². The average molecular weight is 183 g/mol. The normalized spacial score (nSPS) is 15.2. The topological polar surface area (TPSA) is 73.3 Å². The van der Waals surface area contributed by atoms with Gasteiger partial charge in [-0.15, -0.1) is 0 Å². The van der Waals surface area contributed by atoms with Crippen LogP contribution in [0, 0.1) is 0 Å². The highest BCUT2D eigenvalue weighted by atomic mass is 16.4. The molecule has 0 saturated carbocycles. The molecule has 1 heterocycles. The van der Waals surface area contributed by atoms with Gasteiger partial charge in [-0.05, 0) is 25.5 Å². The van der Waals surface area contributed by atoms with Gasteiger partial charge in [-0.3, -0.25) is 4.79 Å². The highest BCUT2D eigenvalue weighted by Gasteiger charge is 2.35. The summed E-state index contributed by atoms with van der Waals surface area (Å²) in [6, 6.07) is 3.46. The van der Waals surface area contributed by atoms with Crippen molar-refractivity contribution in [2.75, 3.05) is 6.61 Å². The molecule has 0 amide bonds. The molecule has 0 aliphatic carbocycles. The number of H-pyrrole nitrogens is 1. The summed E-state index contributed by atoms with van der Waals surface area (Å²) in [5.41, 5.74) is -0.396. The van der Waals surface area contributed by atoms with Crippen molar-refractivity contribution < 1.29 is 15.0 Å². The van der Waals surface area contributed by atoms with E-state index in [0.29, 0.717) is 5.69 Å². The Bertz CT molecular complexity index is 281. The van der Waals surface area contributed by atoms with Gasteiger partial charge in [0.15, 0.2) is 0 Å². The fourth-order valence-electron chi connectivity index (χ4n) is 1.25. The second-order valence-electron chi connectivity index (χ2n) is 3.19. The number of aromatic amines is 1. The Morgan fingerprint density at radius 1 is 1.69 bits per heavy atom. The number of aliphatic carboxylic acids is 1. The Morgan fingerprint density at radius 3 is 2.77 bits per heavy atom. The van der Waals surface area contributed by atoms with Crippen molar-refractivity contribution in [1.29, 1.82) is 0 Å². The molecule has 0 fully saturated rings. The number of hydrogen-bond acceptors (Lipinski definition) is 2. The number of aliphatic hydroxyl groups excluding tert-OH is 1. The van der Waals surface area contributed by atoms with Crippen LogP contribution in [0.25, 0.3) is 0 Å². The Labute approximate surface area is 76.2 Å². The molecule has 1 unspecified atom stereocenters. The quantitative estimate of drug-likeness (QED) is 0.644. The lowest BCUT2D eigenvalue weighted by molar-refractivity contribution is -0.144. The fourth-order valence-corrected chi connectivity index (χ4v) is 1.25. The summed E-state index contributed by atoms with van der Waals surface area (Å²) in [7, 11) is 0. The first-order chi connectivity index (χ1) is 6.11. The summed E-state index contributed by atoms with van der Waals surface area (Å²) < 4.78 is 0. The molecule has 0 spiro atoms. The van der Waals surface area contributed by atoms with Crippen LogP contribution in [0.4, 0.5) is 0 Å². The lowest BCUT2D eigenvalue weighted by Crippen LogP contribution is -2.33. The number of hydrogen-bond donors (Lipinski definition) is 3. The third-order valence-electron chi connectivity index (χ3n) is 2.28. The molecule has 0 saturated heterocycles. The smallest absolute Gasteiger partial charge is 0.315 e. The fraction of sp³-hybridized carbons (Fsp3) is 0.444. The van der Waals surface area contributed by atoms with Gasteiger partial charge >= 0.3 is 5.97 Å². The second kappa shape index (κ2) is 3.62. The molecule has 1 aromatic heterocycles. The maximum Gasteiger partial charge on any atom is 0.315 e. The zero-order valence-electron chi connectivity index (χ0n) is 7.45. The van der Waals surface area contributed by atoms with E-state index < -0.39 is 11.4 Å². The molecule has 4 nitrogen and oxygen atoms in total. The summed E-state index contributed by atoms with van der Waals surface area (Å²) >= 11 is 0. The van der Waals surface area contributed by atoms with Gasteiger partial charge in [0.05, 0.1) is 0 Å². The zero-order valence-corrected chi connectivity index (χ0v) is 7.45. The SMILES string of the molecule is CC(CCO)(C(=O)O)c1ccc[nH]1. The van der Waals surface area contributed by atoms with Gasteiger partial charge in [0.2, 0.25) is 0 Å². The van der Waals surface area contributed by atoms with E-state index in [1.54, 1.807) is 25.3 Å². The molecule has 1 atom stereocenters. The van der Waals surface area contributed by atoms with Gasteiger partial charge in [-0.1, -0.05) is 0 Å². The van der Waals surface area contributed by atoms with Gasteiger partial charge in [-0.2, -0.15) is 0 Å². The molecule has 0 aromatic carbocycles. The van der Waals surface area contributed by atoms with E-state index >= 15 is 0 Å². The van der Waals surface area contributed by atoms with E-state index in [4.69, 9.17) is 10.2 Å². The molecular weight excluding hydrogens is 170 g/mol. The van der Waals surface area contributed by atoms with Crippen LogP contribution >= 0.6 is 0 Å². The van der Waals surface area contributed by atoms with Crippen LogP contribution in [0.15, 0.2) is 18.3 Å². The van der Waals surface area contributed by atoms with Gasteiger partial charge in [0, 0.05) is 18.5 Å². The minimum Gasteiger partial charge on any atom is -0.481 e. The Balaban J connectivity index is 2.98. The molecule has 72 valence electrons. The van der Waals surface area contributed by atoms with Crippen LogP contribution < -0.4 is 0 Å². The number of carbonyl (C=O) groups is 1. The van der Waals surface area contributed by atoms with E-state index in [1.807, 2.05) is 0 Å². The van der Waals surface area contributed by atoms with Crippen LogP contribution in [-0.4, -0.2) is 27.8 Å². The number of aromatic nitrogens is 1. The van der Waals surface area contributed by atoms with Crippen molar-refractivity contribution in [2.45, 2.75) is 18.8 Å². The minimum absolute atomic E-state index is 0.137. The highest BCUT2D eigenvalue weighted by molar-refractivity contribution is 5.80. The molecule has 0 aliphatic rings. The summed E-state index contributed by atoms with van der Waals surface area (Å²) in [5, 5.41) is 17.8. The summed E-state index contributed by atoms with van der Waals surface area (Å²) in [4.78, 5) is 13.8. The first-order valence-corrected chi connectivity index (χ1v) is 4.09. The van der Waals surface area contributed by atoms with Gasteiger partial charge in [0.25, 0.3) is 0 Å². The first-order valence-electron chi connectivity index (χ1n) is 4.09. The third kappa shape index (κ3) is 1.72. The maximum atomic E-state index is 11.0. The molecule has 4 heteroatoms. The standard InChI is InChI=1S/C9H13NO3/c1-9(4-6-11,8(12)13)7-3-2-5-10-7/h2-3,5,10-11H,4,6H2,1H3,(H,12,13). The largest absolute Gasteiger partial charge is 0.481 e. The van der Waals surface area contributed by atoms with Crippen molar-refractivity contribution in [3.8, 4) is 0 Å². The van der Waals surface area contributed by atoms with Gasteiger partial charge in [0.1, 0.15) is 5.41 Å². The molecule has 0 radical (unpaired) electrons. The maximum absolute atomic E-state index is 11.0. The van der Waals surface area contributed by atoms with Gasteiger partial charge < -0.3 is 15.2 Å². The number of carboxylic acid groups (broad SMARTS) is 1. The lowest BCUT2D eigenvalue weighted by atomic mass is 9.84. The van der Waals surface area contributed by atoms with Crippen LogP contribution in [0.3, 0.4) is 0 Å². The number of carboxylic acids is 1. The van der Waals surface area contributed by atoms with Crippen molar-refractivity contribution in [3.63, 3.8) is 0 Å². The molecular formula is C9H13NO3. The molecule has 0 aliphatic heterocycles. The predicted molar refractivity (Wildman–Crippen MR) is 47.5 cm³/mol. The molecule has 0 bridgehead atoms. The van der Waals surface area contributed by atoms with E-state index in [0.717, 1.165) is 0 Å². The van der Waals surface area contributed by atoms with Crippen LogP contribution in [0.5, 0.6) is 0 Å². The first kappa shape index (κ1) is 9.80. The van der Waals surface area contributed by atoms with Crippen molar-refractivity contribution in [1.82, 2.24) is 4.98 Å². The van der Waals surface area contributed by atoms with Crippen molar-refractivity contribution >= 4 is 5.97 Å². The Kier molecular flexibility index (Phi) is 2.72. The Hall–Kier alpha value is -1.29. The summed E-state index contributed by atoms with van der Waals surface area (Å²) in [6.07, 6.45) is 1.89. The molecule has 13 heavy (non-hydrogen) atoms. The molecule has 1 aromatic rings. The van der Waals surface area contributed by atoms with E-state index in [-0.39, 0.29) is 13.0 Å². The van der Waals surface area contributed by atoms with Gasteiger partial charge in [-0.25, -0.2) is 0 Å². The Morgan fingerprint density at radius 2 is 2.38 bits per heavy atom. The third-order valence-corrected chi connectivity index (χ3v) is 2.28. The van der Waals surface area contributed by atoms with E-state index in [9.17, 15) is 4.79 Å². The van der Waals surface area contributed by atoms with E-state index in [2.05, 4.69) is 4.98 Å². The number of nitrogens with one attached hydrogen (secondary N) is 1. The van der Waals surface area contributed by atoms with Crippen LogP contribution in [0.1, 0.15) is 19.0 Å². The lowest BCUT2D eigenvalue weighted by Gasteiger charge is -2.22. The monoisotopic (exact) mass is 183 g/mol. The zero-order chi connectivity index (χ0) is 9.90. The number of rotatable bonds is 4. The van der Waals surface area contributed by atoms with Crippen LogP contribution in [0.2, 0.25) is 0 Å². The van der Waals surface area contributed by atoms with Crippen molar-refractivity contribution in [3.05, 3.63) is 24.0 Å². The molecule has 3 N–H and O–H groups in total. The second-order valence-corrected chi connectivity index (χ2v) is 3.19. The number of aliphatic hydroxyl groups is 1. The van der Waals surface area contributed by atoms with Crippen molar-refractivity contribution in [2.24, 2.45) is 0 Å². The summed E-state index contributed by atoms with van der Waals surface area (Å²) in [5.74, 6) is -0.927. The molecule has 1 rings (SSSR count). The minimum atomic E-state index is -1.02. The highest BCUT2D eigenvalue weighted by Crippen LogP contribution is 2.25. The summed E-state index contributed by atoms with van der Waals surface area (Å²) in [6.45, 7) is 1.46. The average Bonchev–Trinajstić information content (AvgIpc) is 2.56.